The van der Waals surface area contributed by atoms with E-state index in [1.54, 1.807) is 18.2 Å². The van der Waals surface area contributed by atoms with Gasteiger partial charge in [0.1, 0.15) is 5.82 Å². The Labute approximate surface area is 199 Å². The van der Waals surface area contributed by atoms with Crippen molar-refractivity contribution in [3.63, 3.8) is 0 Å². The number of rotatable bonds is 6. The Bertz CT molecular complexity index is 1240. The molecule has 0 unspecified atom stereocenters. The first kappa shape index (κ1) is 23.4. The normalized spacial score (nSPS) is 15.7. The summed E-state index contributed by atoms with van der Waals surface area (Å²) in [4.78, 5) is 18.3. The summed E-state index contributed by atoms with van der Waals surface area (Å²) >= 11 is 6.08. The summed E-state index contributed by atoms with van der Waals surface area (Å²) in [6.07, 6.45) is 4.66. The van der Waals surface area contributed by atoms with Gasteiger partial charge in [-0.3, -0.25) is 4.79 Å². The van der Waals surface area contributed by atoms with E-state index in [0.717, 1.165) is 43.2 Å². The third-order valence-electron chi connectivity index (χ3n) is 6.26. The first-order chi connectivity index (χ1) is 15.8. The van der Waals surface area contributed by atoms with Crippen molar-refractivity contribution >= 4 is 33.3 Å². The Morgan fingerprint density at radius 3 is 2.24 bits per heavy atom. The molecule has 4 rings (SSSR count). The number of nitrogens with zero attached hydrogens (tertiary/aromatic N) is 1. The van der Waals surface area contributed by atoms with Crippen LogP contribution in [0.3, 0.4) is 0 Å². The molecule has 1 amide bonds. The van der Waals surface area contributed by atoms with Gasteiger partial charge in [0.05, 0.1) is 16.0 Å². The van der Waals surface area contributed by atoms with Gasteiger partial charge in [0.2, 0.25) is 15.9 Å². The molecule has 2 aromatic carbocycles. The molecule has 1 heterocycles. The molecule has 1 fully saturated rings. The van der Waals surface area contributed by atoms with Gasteiger partial charge < -0.3 is 5.32 Å². The molecule has 0 aliphatic heterocycles. The van der Waals surface area contributed by atoms with E-state index in [0.29, 0.717) is 16.5 Å². The van der Waals surface area contributed by atoms with Gasteiger partial charge >= 0.3 is 0 Å². The molecule has 0 atom stereocenters. The van der Waals surface area contributed by atoms with Crippen LogP contribution in [0.5, 0.6) is 0 Å². The van der Waals surface area contributed by atoms with Crippen LogP contribution in [0.4, 0.5) is 5.82 Å². The first-order valence-corrected chi connectivity index (χ1v) is 12.8. The number of nitrogens with one attached hydrogen (secondary N) is 2. The van der Waals surface area contributed by atoms with E-state index in [9.17, 15) is 13.2 Å². The lowest BCUT2D eigenvalue weighted by atomic mass is 9.68. The van der Waals surface area contributed by atoms with E-state index < -0.39 is 15.4 Å². The van der Waals surface area contributed by atoms with Gasteiger partial charge in [0.15, 0.2) is 0 Å². The van der Waals surface area contributed by atoms with Crippen molar-refractivity contribution in [1.82, 2.24) is 9.71 Å². The van der Waals surface area contributed by atoms with Crippen LogP contribution in [0.15, 0.2) is 71.6 Å². The van der Waals surface area contributed by atoms with E-state index in [-0.39, 0.29) is 10.8 Å². The molecule has 172 valence electrons. The van der Waals surface area contributed by atoms with Crippen molar-refractivity contribution < 1.29 is 13.2 Å². The Kier molecular flexibility index (Phi) is 6.83. The molecule has 0 radical (unpaired) electrons. The molecule has 0 saturated heterocycles. The van der Waals surface area contributed by atoms with Crippen molar-refractivity contribution in [3.8, 4) is 11.3 Å². The van der Waals surface area contributed by atoms with Gasteiger partial charge in [0.25, 0.3) is 0 Å². The van der Waals surface area contributed by atoms with Crippen molar-refractivity contribution in [1.29, 1.82) is 0 Å². The Morgan fingerprint density at radius 2 is 1.61 bits per heavy atom. The van der Waals surface area contributed by atoms with Gasteiger partial charge in [0, 0.05) is 10.6 Å². The van der Waals surface area contributed by atoms with Crippen LogP contribution in [-0.2, 0) is 20.2 Å². The molecule has 1 saturated carbocycles. The van der Waals surface area contributed by atoms with E-state index >= 15 is 0 Å². The summed E-state index contributed by atoms with van der Waals surface area (Å²) in [6, 6.07) is 19.4. The standard InChI is InChI=1S/C25H26ClN3O3S/c1-27-33(31,32)21-14-8-18(9-15-21)22-6-5-7-23(28-22)29-24(30)25(16-3-2-4-17-25)19-10-12-20(26)13-11-19/h5-15,27H,2-4,16-17H2,1H3,(H,28,29,30). The zero-order valence-electron chi connectivity index (χ0n) is 18.3. The minimum atomic E-state index is -3.51. The van der Waals surface area contributed by atoms with Crippen molar-refractivity contribution in [3.05, 3.63) is 77.3 Å². The van der Waals surface area contributed by atoms with Crippen LogP contribution >= 0.6 is 11.6 Å². The summed E-state index contributed by atoms with van der Waals surface area (Å²) in [5.74, 6) is 0.396. The Morgan fingerprint density at radius 1 is 0.939 bits per heavy atom. The van der Waals surface area contributed by atoms with Gasteiger partial charge in [-0.25, -0.2) is 18.1 Å². The minimum absolute atomic E-state index is 0.0652. The molecule has 1 aromatic heterocycles. The van der Waals surface area contributed by atoms with Crippen molar-refractivity contribution in [2.24, 2.45) is 0 Å². The summed E-state index contributed by atoms with van der Waals surface area (Å²) in [5.41, 5.74) is 1.77. The highest BCUT2D eigenvalue weighted by Crippen LogP contribution is 2.41. The Balaban J connectivity index is 1.59. The average Bonchev–Trinajstić information content (AvgIpc) is 2.85. The lowest BCUT2D eigenvalue weighted by Crippen LogP contribution is -2.42. The second-order valence-corrected chi connectivity index (χ2v) is 10.6. The fourth-order valence-corrected chi connectivity index (χ4v) is 5.25. The number of aromatic nitrogens is 1. The highest BCUT2D eigenvalue weighted by atomic mass is 35.5. The third kappa shape index (κ3) is 4.95. The van der Waals surface area contributed by atoms with Crippen LogP contribution in [-0.4, -0.2) is 26.4 Å². The highest BCUT2D eigenvalue weighted by Gasteiger charge is 2.41. The van der Waals surface area contributed by atoms with E-state index in [4.69, 9.17) is 11.6 Å². The number of hydrogen-bond donors (Lipinski definition) is 2. The van der Waals surface area contributed by atoms with Crippen LogP contribution < -0.4 is 10.0 Å². The first-order valence-electron chi connectivity index (χ1n) is 10.9. The summed E-state index contributed by atoms with van der Waals surface area (Å²) in [5, 5.41) is 3.68. The van der Waals surface area contributed by atoms with Crippen LogP contribution in [0, 0.1) is 0 Å². The number of pyridine rings is 1. The molecule has 1 aliphatic carbocycles. The lowest BCUT2D eigenvalue weighted by Gasteiger charge is -2.36. The highest BCUT2D eigenvalue weighted by molar-refractivity contribution is 7.89. The van der Waals surface area contributed by atoms with Crippen LogP contribution in [0.1, 0.15) is 37.7 Å². The number of carbonyl (C=O) groups is 1. The van der Waals surface area contributed by atoms with Gasteiger partial charge in [-0.05, 0) is 61.9 Å². The number of anilines is 1. The molecule has 0 bridgehead atoms. The van der Waals surface area contributed by atoms with Crippen molar-refractivity contribution in [2.75, 3.05) is 12.4 Å². The fourth-order valence-electron chi connectivity index (χ4n) is 4.39. The second kappa shape index (κ2) is 9.63. The second-order valence-electron chi connectivity index (χ2n) is 8.24. The van der Waals surface area contributed by atoms with Gasteiger partial charge in [-0.1, -0.05) is 61.2 Å². The van der Waals surface area contributed by atoms with Gasteiger partial charge in [-0.2, -0.15) is 0 Å². The summed E-state index contributed by atoms with van der Waals surface area (Å²) in [7, 11) is -2.13. The monoisotopic (exact) mass is 483 g/mol. The molecular formula is C25H26ClN3O3S. The smallest absolute Gasteiger partial charge is 0.240 e. The zero-order valence-corrected chi connectivity index (χ0v) is 19.9. The predicted octanol–water partition coefficient (Wildman–Crippen LogP) is 5.15. The third-order valence-corrected chi connectivity index (χ3v) is 7.94. The van der Waals surface area contributed by atoms with Gasteiger partial charge in [-0.15, -0.1) is 0 Å². The quantitative estimate of drug-likeness (QED) is 0.507. The molecule has 3 aromatic rings. The lowest BCUT2D eigenvalue weighted by molar-refractivity contribution is -0.122. The number of amides is 1. The number of carbonyl (C=O) groups excluding carboxylic acids is 1. The molecule has 1 aliphatic rings. The topological polar surface area (TPSA) is 88.2 Å². The SMILES string of the molecule is CNS(=O)(=O)c1ccc(-c2cccc(NC(=O)C3(c4ccc(Cl)cc4)CCCCC3)n2)cc1. The molecular weight excluding hydrogens is 458 g/mol. The number of hydrogen-bond acceptors (Lipinski definition) is 4. The van der Waals surface area contributed by atoms with Crippen molar-refractivity contribution in [2.45, 2.75) is 42.4 Å². The van der Waals surface area contributed by atoms with Crippen LogP contribution in [0.2, 0.25) is 5.02 Å². The molecule has 8 heteroatoms. The van der Waals surface area contributed by atoms with E-state index in [2.05, 4.69) is 15.0 Å². The van der Waals surface area contributed by atoms with E-state index in [1.165, 1.54) is 19.2 Å². The molecule has 6 nitrogen and oxygen atoms in total. The fraction of sp³-hybridized carbons (Fsp3) is 0.280. The predicted molar refractivity (Wildman–Crippen MR) is 131 cm³/mol. The Hall–Kier alpha value is -2.74. The van der Waals surface area contributed by atoms with E-state index in [1.807, 2.05) is 36.4 Å². The maximum absolute atomic E-state index is 13.6. The molecule has 0 spiro atoms. The van der Waals surface area contributed by atoms with Crippen LogP contribution in [0.25, 0.3) is 11.3 Å². The largest absolute Gasteiger partial charge is 0.310 e. The maximum Gasteiger partial charge on any atom is 0.240 e. The summed E-state index contributed by atoms with van der Waals surface area (Å²) < 4.78 is 26.2. The average molecular weight is 484 g/mol. The number of benzene rings is 2. The summed E-state index contributed by atoms with van der Waals surface area (Å²) in [6.45, 7) is 0. The maximum atomic E-state index is 13.6. The zero-order chi connectivity index (χ0) is 23.5. The molecule has 2 N–H and O–H groups in total. The molecule has 33 heavy (non-hydrogen) atoms. The number of halogens is 1. The minimum Gasteiger partial charge on any atom is -0.310 e. The number of sulfonamides is 1.